The molecule has 0 spiro atoms. The first-order valence-electron chi connectivity index (χ1n) is 10.5. The fourth-order valence-electron chi connectivity index (χ4n) is 2.64. The normalized spacial score (nSPS) is 10.3. The number of hydrogen-bond acceptors (Lipinski definition) is 1. The lowest BCUT2D eigenvalue weighted by Gasteiger charge is -2.02. The van der Waals surface area contributed by atoms with Crippen molar-refractivity contribution in [3.63, 3.8) is 0 Å². The van der Waals surface area contributed by atoms with Gasteiger partial charge >= 0.3 is 5.97 Å². The van der Waals surface area contributed by atoms with Crippen molar-refractivity contribution in [2.24, 2.45) is 0 Å². The molecule has 146 valence electrons. The summed E-state index contributed by atoms with van der Waals surface area (Å²) in [6.07, 6.45) is 21.0. The van der Waals surface area contributed by atoms with Gasteiger partial charge in [-0.05, 0) is 12.8 Å². The van der Waals surface area contributed by atoms with Gasteiger partial charge in [0.05, 0.1) is 0 Å². The average Bonchev–Trinajstić information content (AvgIpc) is 2.57. The molecule has 0 bridgehead atoms. The van der Waals surface area contributed by atoms with Crippen molar-refractivity contribution >= 4 is 17.6 Å². The highest BCUT2D eigenvalue weighted by atomic mass is 35.5. The van der Waals surface area contributed by atoms with Crippen LogP contribution in [-0.4, -0.2) is 17.0 Å². The van der Waals surface area contributed by atoms with E-state index in [0.29, 0.717) is 6.42 Å². The van der Waals surface area contributed by atoms with E-state index in [2.05, 4.69) is 13.8 Å². The predicted molar refractivity (Wildman–Crippen MR) is 108 cm³/mol. The Balaban J connectivity index is 0. The molecule has 0 aromatic carbocycles. The zero-order valence-corrected chi connectivity index (χ0v) is 17.2. The quantitative estimate of drug-likeness (QED) is 0.210. The Bertz CT molecular complexity index is 228. The number of hydrogen-bond donors (Lipinski definition) is 1. The molecule has 0 amide bonds. The number of carboxylic acid groups (broad SMARTS) is 1. The van der Waals surface area contributed by atoms with E-state index >= 15 is 0 Å². The third-order valence-electron chi connectivity index (χ3n) is 4.23. The minimum Gasteiger partial charge on any atom is -0.481 e. The molecule has 0 heterocycles. The van der Waals surface area contributed by atoms with Crippen LogP contribution >= 0.6 is 11.6 Å². The van der Waals surface area contributed by atoms with Crippen molar-refractivity contribution in [2.45, 2.75) is 123 Å². The first-order chi connectivity index (χ1) is 11.7. The van der Waals surface area contributed by atoms with Crippen LogP contribution in [0.1, 0.15) is 123 Å². The molecular weight excluding hydrogens is 320 g/mol. The summed E-state index contributed by atoms with van der Waals surface area (Å²) in [5.41, 5.74) is 0. The van der Waals surface area contributed by atoms with Crippen LogP contribution in [0.15, 0.2) is 0 Å². The Kier molecular flexibility index (Phi) is 27.1. The standard InChI is InChI=1S/C16H32O2.C5H11Cl/c1-2-3-4-5-6-7-8-9-10-11-12-13-14-15-16(17)18;1-2-3-4-5-6/h2-15H2,1H3,(H,17,18);2-5H2,1H3. The van der Waals surface area contributed by atoms with Crippen LogP contribution < -0.4 is 0 Å². The molecule has 1 N–H and O–H groups in total. The van der Waals surface area contributed by atoms with Gasteiger partial charge in [-0.25, -0.2) is 0 Å². The second kappa shape index (κ2) is 25.0. The Morgan fingerprint density at radius 2 is 0.958 bits per heavy atom. The van der Waals surface area contributed by atoms with E-state index in [-0.39, 0.29) is 0 Å². The largest absolute Gasteiger partial charge is 0.481 e. The topological polar surface area (TPSA) is 37.3 Å². The fourth-order valence-corrected chi connectivity index (χ4v) is 2.83. The van der Waals surface area contributed by atoms with E-state index in [4.69, 9.17) is 16.7 Å². The van der Waals surface area contributed by atoms with Crippen LogP contribution in [0.5, 0.6) is 0 Å². The first-order valence-corrected chi connectivity index (χ1v) is 11.0. The van der Waals surface area contributed by atoms with Crippen LogP contribution in [0.25, 0.3) is 0 Å². The summed E-state index contributed by atoms with van der Waals surface area (Å²) in [6.45, 7) is 4.43. The monoisotopic (exact) mass is 362 g/mol. The molecule has 24 heavy (non-hydrogen) atoms. The highest BCUT2D eigenvalue weighted by molar-refractivity contribution is 6.17. The van der Waals surface area contributed by atoms with Gasteiger partial charge in [0, 0.05) is 12.3 Å². The molecule has 0 fully saturated rings. The third kappa shape index (κ3) is 29.7. The fraction of sp³-hybridized carbons (Fsp3) is 0.952. The van der Waals surface area contributed by atoms with Gasteiger partial charge in [0.2, 0.25) is 0 Å². The number of alkyl halides is 1. The van der Waals surface area contributed by atoms with Crippen LogP contribution in [-0.2, 0) is 4.79 Å². The lowest BCUT2D eigenvalue weighted by atomic mass is 10.0. The zero-order valence-electron chi connectivity index (χ0n) is 16.5. The number of carboxylic acids is 1. The average molecular weight is 363 g/mol. The predicted octanol–water partition coefficient (Wildman–Crippen LogP) is 7.97. The van der Waals surface area contributed by atoms with E-state index in [1.165, 1.54) is 89.9 Å². The maximum atomic E-state index is 10.3. The number of aliphatic carboxylic acids is 1. The summed E-state index contributed by atoms with van der Waals surface area (Å²) in [6, 6.07) is 0. The van der Waals surface area contributed by atoms with Crippen molar-refractivity contribution in [2.75, 3.05) is 5.88 Å². The third-order valence-corrected chi connectivity index (χ3v) is 4.50. The van der Waals surface area contributed by atoms with Crippen molar-refractivity contribution in [3.05, 3.63) is 0 Å². The molecule has 0 unspecified atom stereocenters. The molecule has 0 radical (unpaired) electrons. The molecule has 0 aliphatic carbocycles. The van der Waals surface area contributed by atoms with Gasteiger partial charge in [0.25, 0.3) is 0 Å². The van der Waals surface area contributed by atoms with Crippen molar-refractivity contribution < 1.29 is 9.90 Å². The Labute approximate surface area is 156 Å². The lowest BCUT2D eigenvalue weighted by molar-refractivity contribution is -0.137. The molecule has 0 aromatic heterocycles. The molecule has 3 heteroatoms. The van der Waals surface area contributed by atoms with E-state index in [9.17, 15) is 4.79 Å². The number of carbonyl (C=O) groups is 1. The highest BCUT2D eigenvalue weighted by Gasteiger charge is 1.96. The molecular formula is C21H43ClO2. The second-order valence-corrected chi connectivity index (χ2v) is 7.16. The van der Waals surface area contributed by atoms with Crippen LogP contribution in [0, 0.1) is 0 Å². The van der Waals surface area contributed by atoms with Gasteiger partial charge in [-0.2, -0.15) is 0 Å². The van der Waals surface area contributed by atoms with Crippen molar-refractivity contribution in [1.29, 1.82) is 0 Å². The number of unbranched alkanes of at least 4 members (excludes halogenated alkanes) is 14. The first kappa shape index (κ1) is 26.0. The van der Waals surface area contributed by atoms with E-state index in [0.717, 1.165) is 18.7 Å². The minimum atomic E-state index is -0.655. The van der Waals surface area contributed by atoms with E-state index in [1.807, 2.05) is 0 Å². The summed E-state index contributed by atoms with van der Waals surface area (Å²) in [5, 5.41) is 8.49. The molecule has 0 saturated carbocycles. The van der Waals surface area contributed by atoms with Gasteiger partial charge in [-0.15, -0.1) is 11.6 Å². The SMILES string of the molecule is CCCCCCCCCCCCCCCC(=O)O.CCCCCCl. The lowest BCUT2D eigenvalue weighted by Crippen LogP contribution is -1.93. The highest BCUT2D eigenvalue weighted by Crippen LogP contribution is 2.12. The van der Waals surface area contributed by atoms with Crippen LogP contribution in [0.2, 0.25) is 0 Å². The van der Waals surface area contributed by atoms with Crippen LogP contribution in [0.3, 0.4) is 0 Å². The maximum absolute atomic E-state index is 10.3. The Morgan fingerprint density at radius 3 is 1.25 bits per heavy atom. The molecule has 0 aromatic rings. The second-order valence-electron chi connectivity index (χ2n) is 6.78. The molecule has 0 aliphatic rings. The van der Waals surface area contributed by atoms with Gasteiger partial charge in [-0.1, -0.05) is 104 Å². The zero-order chi connectivity index (χ0) is 18.3. The minimum absolute atomic E-state index is 0.345. The van der Waals surface area contributed by atoms with E-state index < -0.39 is 5.97 Å². The smallest absolute Gasteiger partial charge is 0.303 e. The van der Waals surface area contributed by atoms with Gasteiger partial charge < -0.3 is 5.11 Å². The maximum Gasteiger partial charge on any atom is 0.303 e. The number of rotatable bonds is 17. The molecule has 0 saturated heterocycles. The van der Waals surface area contributed by atoms with E-state index in [1.54, 1.807) is 0 Å². The molecule has 0 rings (SSSR count). The summed E-state index contributed by atoms with van der Waals surface area (Å²) >= 11 is 5.38. The van der Waals surface area contributed by atoms with Gasteiger partial charge in [-0.3, -0.25) is 4.79 Å². The number of halogens is 1. The Hall–Kier alpha value is -0.240. The summed E-state index contributed by atoms with van der Waals surface area (Å²) in [7, 11) is 0. The molecule has 0 atom stereocenters. The van der Waals surface area contributed by atoms with Crippen LogP contribution in [0.4, 0.5) is 0 Å². The molecule has 2 nitrogen and oxygen atoms in total. The summed E-state index contributed by atoms with van der Waals surface area (Å²) in [4.78, 5) is 10.3. The van der Waals surface area contributed by atoms with Crippen molar-refractivity contribution in [1.82, 2.24) is 0 Å². The summed E-state index contributed by atoms with van der Waals surface area (Å²) in [5.74, 6) is 0.173. The van der Waals surface area contributed by atoms with Gasteiger partial charge in [0.1, 0.15) is 0 Å². The molecule has 0 aliphatic heterocycles. The Morgan fingerprint density at radius 1 is 0.625 bits per heavy atom. The summed E-state index contributed by atoms with van der Waals surface area (Å²) < 4.78 is 0. The van der Waals surface area contributed by atoms with Gasteiger partial charge in [0.15, 0.2) is 0 Å². The van der Waals surface area contributed by atoms with Crippen molar-refractivity contribution in [3.8, 4) is 0 Å².